The SMILES string of the molecule is CCCN(CCc1ccccn1)C(=O)COc1ccc(Cl)cc1Cl. The minimum absolute atomic E-state index is 0.0520. The second-order valence-corrected chi connectivity index (χ2v) is 6.16. The van der Waals surface area contributed by atoms with Gasteiger partial charge in [0.25, 0.3) is 5.91 Å². The van der Waals surface area contributed by atoms with Gasteiger partial charge in [0.05, 0.1) is 5.02 Å². The maximum absolute atomic E-state index is 12.4. The zero-order valence-electron chi connectivity index (χ0n) is 13.5. The molecule has 128 valence electrons. The second kappa shape index (κ2) is 9.50. The molecule has 0 spiro atoms. The zero-order valence-corrected chi connectivity index (χ0v) is 15.1. The Morgan fingerprint density at radius 2 is 2.04 bits per heavy atom. The number of pyridine rings is 1. The Hall–Kier alpha value is -1.78. The Bertz CT molecular complexity index is 665. The van der Waals surface area contributed by atoms with Crippen LogP contribution in [0, 0.1) is 0 Å². The van der Waals surface area contributed by atoms with Crippen molar-refractivity contribution in [3.8, 4) is 5.75 Å². The molecular formula is C18H20Cl2N2O2. The molecule has 24 heavy (non-hydrogen) atoms. The molecule has 0 fully saturated rings. The van der Waals surface area contributed by atoms with E-state index >= 15 is 0 Å². The monoisotopic (exact) mass is 366 g/mol. The van der Waals surface area contributed by atoms with Crippen LogP contribution in [0.5, 0.6) is 5.75 Å². The summed E-state index contributed by atoms with van der Waals surface area (Å²) in [4.78, 5) is 18.5. The van der Waals surface area contributed by atoms with E-state index in [1.54, 1.807) is 29.3 Å². The van der Waals surface area contributed by atoms with E-state index in [0.29, 0.717) is 35.3 Å². The van der Waals surface area contributed by atoms with Gasteiger partial charge in [-0.25, -0.2) is 0 Å². The van der Waals surface area contributed by atoms with Crippen molar-refractivity contribution < 1.29 is 9.53 Å². The Balaban J connectivity index is 1.90. The largest absolute Gasteiger partial charge is 0.482 e. The molecule has 0 unspecified atom stereocenters. The van der Waals surface area contributed by atoms with Gasteiger partial charge in [0.2, 0.25) is 0 Å². The van der Waals surface area contributed by atoms with Gasteiger partial charge in [-0.3, -0.25) is 9.78 Å². The summed E-state index contributed by atoms with van der Waals surface area (Å²) < 4.78 is 5.54. The molecular weight excluding hydrogens is 347 g/mol. The van der Waals surface area contributed by atoms with Gasteiger partial charge in [0.1, 0.15) is 5.75 Å². The average molecular weight is 367 g/mol. The smallest absolute Gasteiger partial charge is 0.260 e. The van der Waals surface area contributed by atoms with Gasteiger partial charge < -0.3 is 9.64 Å². The van der Waals surface area contributed by atoms with Crippen molar-refractivity contribution in [2.75, 3.05) is 19.7 Å². The number of benzene rings is 1. The number of aromatic nitrogens is 1. The normalized spacial score (nSPS) is 10.5. The molecule has 0 aliphatic heterocycles. The fourth-order valence-corrected chi connectivity index (χ4v) is 2.71. The van der Waals surface area contributed by atoms with E-state index in [9.17, 15) is 4.79 Å². The number of ether oxygens (including phenoxy) is 1. The van der Waals surface area contributed by atoms with Gasteiger partial charge in [0, 0.05) is 36.4 Å². The summed E-state index contributed by atoms with van der Waals surface area (Å²) in [5.41, 5.74) is 0.966. The average Bonchev–Trinajstić information content (AvgIpc) is 2.58. The molecule has 6 heteroatoms. The van der Waals surface area contributed by atoms with Crippen molar-refractivity contribution in [3.63, 3.8) is 0 Å². The number of carbonyl (C=O) groups is 1. The molecule has 0 bridgehead atoms. The highest BCUT2D eigenvalue weighted by molar-refractivity contribution is 6.35. The molecule has 1 aromatic heterocycles. The lowest BCUT2D eigenvalue weighted by Gasteiger charge is -2.22. The Morgan fingerprint density at radius 3 is 2.71 bits per heavy atom. The van der Waals surface area contributed by atoms with Crippen LogP contribution in [-0.2, 0) is 11.2 Å². The van der Waals surface area contributed by atoms with Crippen LogP contribution in [-0.4, -0.2) is 35.5 Å². The van der Waals surface area contributed by atoms with Gasteiger partial charge >= 0.3 is 0 Å². The number of hydrogen-bond donors (Lipinski definition) is 0. The second-order valence-electron chi connectivity index (χ2n) is 5.32. The van der Waals surface area contributed by atoms with Crippen molar-refractivity contribution in [1.82, 2.24) is 9.88 Å². The summed E-state index contributed by atoms with van der Waals surface area (Å²) in [6.07, 6.45) is 3.36. The number of hydrogen-bond acceptors (Lipinski definition) is 3. The predicted molar refractivity (Wildman–Crippen MR) is 96.8 cm³/mol. The Morgan fingerprint density at radius 1 is 1.21 bits per heavy atom. The lowest BCUT2D eigenvalue weighted by Crippen LogP contribution is -2.37. The van der Waals surface area contributed by atoms with E-state index in [-0.39, 0.29) is 12.5 Å². The van der Waals surface area contributed by atoms with Gasteiger partial charge in [-0.15, -0.1) is 0 Å². The lowest BCUT2D eigenvalue weighted by molar-refractivity contribution is -0.133. The third-order valence-electron chi connectivity index (χ3n) is 3.46. The summed E-state index contributed by atoms with van der Waals surface area (Å²) in [6, 6.07) is 10.7. The first-order valence-electron chi connectivity index (χ1n) is 7.85. The van der Waals surface area contributed by atoms with Crippen LogP contribution >= 0.6 is 23.2 Å². The van der Waals surface area contributed by atoms with E-state index in [0.717, 1.165) is 12.1 Å². The number of carbonyl (C=O) groups excluding carboxylic acids is 1. The van der Waals surface area contributed by atoms with E-state index < -0.39 is 0 Å². The highest BCUT2D eigenvalue weighted by Crippen LogP contribution is 2.27. The molecule has 1 aromatic carbocycles. The fourth-order valence-electron chi connectivity index (χ4n) is 2.25. The van der Waals surface area contributed by atoms with E-state index in [1.165, 1.54) is 0 Å². The summed E-state index contributed by atoms with van der Waals surface area (Å²) in [6.45, 7) is 3.28. The van der Waals surface area contributed by atoms with Crippen molar-refractivity contribution in [3.05, 3.63) is 58.3 Å². The van der Waals surface area contributed by atoms with Crippen molar-refractivity contribution in [2.24, 2.45) is 0 Å². The van der Waals surface area contributed by atoms with Crippen LogP contribution in [0.25, 0.3) is 0 Å². The van der Waals surface area contributed by atoms with Gasteiger partial charge in [-0.05, 0) is 36.8 Å². The fraction of sp³-hybridized carbons (Fsp3) is 0.333. The molecule has 2 aromatic rings. The third-order valence-corrected chi connectivity index (χ3v) is 3.99. The van der Waals surface area contributed by atoms with Gasteiger partial charge in [-0.2, -0.15) is 0 Å². The van der Waals surface area contributed by atoms with Crippen LogP contribution < -0.4 is 4.74 Å². The van der Waals surface area contributed by atoms with Crippen LogP contribution in [0.15, 0.2) is 42.6 Å². The van der Waals surface area contributed by atoms with E-state index in [2.05, 4.69) is 4.98 Å². The minimum Gasteiger partial charge on any atom is -0.482 e. The third kappa shape index (κ3) is 5.69. The molecule has 0 atom stereocenters. The van der Waals surface area contributed by atoms with Gasteiger partial charge in [0.15, 0.2) is 6.61 Å². The summed E-state index contributed by atoms with van der Waals surface area (Å²) in [5, 5.41) is 0.924. The summed E-state index contributed by atoms with van der Waals surface area (Å²) >= 11 is 11.9. The molecule has 0 N–H and O–H groups in total. The maximum Gasteiger partial charge on any atom is 0.260 e. The molecule has 0 saturated carbocycles. The van der Waals surface area contributed by atoms with Crippen molar-refractivity contribution >= 4 is 29.1 Å². The van der Waals surface area contributed by atoms with Crippen LogP contribution in [0.4, 0.5) is 0 Å². The molecule has 0 aliphatic rings. The first kappa shape index (κ1) is 18.6. The van der Waals surface area contributed by atoms with E-state index in [4.69, 9.17) is 27.9 Å². The first-order valence-corrected chi connectivity index (χ1v) is 8.61. The quantitative estimate of drug-likeness (QED) is 0.701. The molecule has 2 rings (SSSR count). The van der Waals surface area contributed by atoms with Crippen LogP contribution in [0.1, 0.15) is 19.0 Å². The number of halogens is 2. The number of amides is 1. The summed E-state index contributed by atoms with van der Waals surface area (Å²) in [5.74, 6) is 0.384. The van der Waals surface area contributed by atoms with Crippen LogP contribution in [0.3, 0.4) is 0 Å². The predicted octanol–water partition coefficient (Wildman–Crippen LogP) is 4.25. The first-order chi connectivity index (χ1) is 11.6. The summed E-state index contributed by atoms with van der Waals surface area (Å²) in [7, 11) is 0. The molecule has 0 aliphatic carbocycles. The maximum atomic E-state index is 12.4. The minimum atomic E-state index is -0.0706. The zero-order chi connectivity index (χ0) is 17.4. The standard InChI is InChI=1S/C18H20Cl2N2O2/c1-2-10-22(11-8-15-5-3-4-9-21-15)18(23)13-24-17-7-6-14(19)12-16(17)20/h3-7,9,12H,2,8,10-11,13H2,1H3. The van der Waals surface area contributed by atoms with Crippen LogP contribution in [0.2, 0.25) is 10.0 Å². The number of nitrogens with zero attached hydrogens (tertiary/aromatic N) is 2. The molecule has 1 amide bonds. The Labute approximate surface area is 152 Å². The topological polar surface area (TPSA) is 42.4 Å². The number of rotatable bonds is 8. The lowest BCUT2D eigenvalue weighted by atomic mass is 10.2. The molecule has 0 saturated heterocycles. The highest BCUT2D eigenvalue weighted by atomic mass is 35.5. The van der Waals surface area contributed by atoms with Gasteiger partial charge in [-0.1, -0.05) is 36.2 Å². The molecule has 0 radical (unpaired) electrons. The van der Waals surface area contributed by atoms with E-state index in [1.807, 2.05) is 25.1 Å². The van der Waals surface area contributed by atoms with Crippen molar-refractivity contribution in [2.45, 2.75) is 19.8 Å². The highest BCUT2D eigenvalue weighted by Gasteiger charge is 2.14. The molecule has 4 nitrogen and oxygen atoms in total. The Kier molecular flexibility index (Phi) is 7.35. The van der Waals surface area contributed by atoms with Crippen molar-refractivity contribution in [1.29, 1.82) is 0 Å². The molecule has 1 heterocycles.